The topological polar surface area (TPSA) is 69.9 Å². The first-order valence-electron chi connectivity index (χ1n) is 4.90. The summed E-state index contributed by atoms with van der Waals surface area (Å²) in [7, 11) is 0. The van der Waals surface area contributed by atoms with Gasteiger partial charge in [-0.05, 0) is 24.7 Å². The van der Waals surface area contributed by atoms with E-state index in [9.17, 15) is 4.79 Å². The highest BCUT2D eigenvalue weighted by atomic mass is 16.4. The number of carbonyl (C=O) groups is 1. The van der Waals surface area contributed by atoms with E-state index < -0.39 is 5.97 Å². The molecule has 0 rings (SSSR count). The number of hydrogen-bond acceptors (Lipinski definition) is 3. The Hall–Kier alpha value is -1.06. The van der Waals surface area contributed by atoms with Crippen molar-refractivity contribution >= 4 is 11.7 Å². The van der Waals surface area contributed by atoms with Gasteiger partial charge in [0.15, 0.2) is 0 Å². The molecule has 0 amide bonds. The van der Waals surface area contributed by atoms with E-state index in [1.54, 1.807) is 0 Å². The minimum absolute atomic E-state index is 0.128. The third-order valence-corrected chi connectivity index (χ3v) is 2.21. The molecule has 4 nitrogen and oxygen atoms in total. The Morgan fingerprint density at radius 1 is 1.36 bits per heavy atom. The Morgan fingerprint density at radius 3 is 2.29 bits per heavy atom. The van der Waals surface area contributed by atoms with Crippen molar-refractivity contribution in [1.29, 1.82) is 0 Å². The smallest absolute Gasteiger partial charge is 0.303 e. The molecule has 1 atom stereocenters. The first-order valence-corrected chi connectivity index (χ1v) is 4.90. The fourth-order valence-corrected chi connectivity index (χ4v) is 1.25. The molecule has 4 heteroatoms. The molecular formula is C10H19NO3. The van der Waals surface area contributed by atoms with E-state index in [2.05, 4.69) is 5.16 Å². The van der Waals surface area contributed by atoms with Crippen LogP contribution >= 0.6 is 0 Å². The first kappa shape index (κ1) is 12.9. The van der Waals surface area contributed by atoms with Crippen LogP contribution in [0.5, 0.6) is 0 Å². The van der Waals surface area contributed by atoms with Gasteiger partial charge in [-0.2, -0.15) is 0 Å². The zero-order valence-electron chi connectivity index (χ0n) is 9.03. The zero-order valence-corrected chi connectivity index (χ0v) is 9.03. The van der Waals surface area contributed by atoms with Gasteiger partial charge < -0.3 is 10.3 Å². The predicted molar refractivity (Wildman–Crippen MR) is 54.7 cm³/mol. The van der Waals surface area contributed by atoms with E-state index in [0.29, 0.717) is 6.42 Å². The SMILES string of the molecule is CC(C)/C(CC[C@@H](C)CC(=O)O)=N\O. The van der Waals surface area contributed by atoms with Crippen molar-refractivity contribution in [3.63, 3.8) is 0 Å². The monoisotopic (exact) mass is 201 g/mol. The van der Waals surface area contributed by atoms with Crippen LogP contribution in [0.1, 0.15) is 40.0 Å². The van der Waals surface area contributed by atoms with Crippen LogP contribution < -0.4 is 0 Å². The molecule has 0 saturated heterocycles. The van der Waals surface area contributed by atoms with Crippen LogP contribution in [-0.2, 0) is 4.79 Å². The highest BCUT2D eigenvalue weighted by molar-refractivity contribution is 5.85. The molecule has 14 heavy (non-hydrogen) atoms. The Bertz CT molecular complexity index is 211. The van der Waals surface area contributed by atoms with Crippen molar-refractivity contribution in [2.45, 2.75) is 40.0 Å². The molecule has 0 heterocycles. The summed E-state index contributed by atoms with van der Waals surface area (Å²) in [5, 5.41) is 20.4. The van der Waals surface area contributed by atoms with Crippen LogP contribution in [0.15, 0.2) is 5.16 Å². The van der Waals surface area contributed by atoms with Crippen molar-refractivity contribution in [2.24, 2.45) is 17.0 Å². The highest BCUT2D eigenvalue weighted by Crippen LogP contribution is 2.13. The molecule has 0 unspecified atom stereocenters. The van der Waals surface area contributed by atoms with Crippen molar-refractivity contribution < 1.29 is 15.1 Å². The van der Waals surface area contributed by atoms with Gasteiger partial charge >= 0.3 is 5.97 Å². The third-order valence-electron chi connectivity index (χ3n) is 2.21. The lowest BCUT2D eigenvalue weighted by Gasteiger charge is -2.11. The minimum Gasteiger partial charge on any atom is -0.481 e. The molecule has 2 N–H and O–H groups in total. The van der Waals surface area contributed by atoms with Crippen molar-refractivity contribution in [3.8, 4) is 0 Å². The second-order valence-electron chi connectivity index (χ2n) is 3.99. The lowest BCUT2D eigenvalue weighted by molar-refractivity contribution is -0.138. The summed E-state index contributed by atoms with van der Waals surface area (Å²) in [6.07, 6.45) is 1.60. The molecule has 0 aliphatic rings. The first-order chi connectivity index (χ1) is 6.47. The van der Waals surface area contributed by atoms with Gasteiger partial charge in [-0.25, -0.2) is 0 Å². The highest BCUT2D eigenvalue weighted by Gasteiger charge is 2.11. The van der Waals surface area contributed by atoms with Crippen LogP contribution in [0, 0.1) is 11.8 Å². The largest absolute Gasteiger partial charge is 0.481 e. The van der Waals surface area contributed by atoms with E-state index in [1.165, 1.54) is 0 Å². The van der Waals surface area contributed by atoms with Crippen molar-refractivity contribution in [3.05, 3.63) is 0 Å². The Kier molecular flexibility index (Phi) is 5.92. The van der Waals surface area contributed by atoms with Crippen LogP contribution in [0.25, 0.3) is 0 Å². The van der Waals surface area contributed by atoms with Gasteiger partial charge in [0.2, 0.25) is 0 Å². The van der Waals surface area contributed by atoms with Crippen LogP contribution in [-0.4, -0.2) is 22.0 Å². The summed E-state index contributed by atoms with van der Waals surface area (Å²) >= 11 is 0. The van der Waals surface area contributed by atoms with Crippen LogP contribution in [0.3, 0.4) is 0 Å². The lowest BCUT2D eigenvalue weighted by atomic mass is 9.96. The lowest BCUT2D eigenvalue weighted by Crippen LogP contribution is -2.11. The molecule has 0 bridgehead atoms. The van der Waals surface area contributed by atoms with Crippen molar-refractivity contribution in [2.75, 3.05) is 0 Å². The van der Waals surface area contributed by atoms with Gasteiger partial charge in [0.1, 0.15) is 0 Å². The van der Waals surface area contributed by atoms with E-state index in [4.69, 9.17) is 10.3 Å². The quantitative estimate of drug-likeness (QED) is 0.393. The van der Waals surface area contributed by atoms with Gasteiger partial charge in [-0.15, -0.1) is 0 Å². The second kappa shape index (κ2) is 6.40. The molecule has 0 fully saturated rings. The fraction of sp³-hybridized carbons (Fsp3) is 0.800. The number of hydrogen-bond donors (Lipinski definition) is 2. The molecule has 0 aromatic heterocycles. The summed E-state index contributed by atoms with van der Waals surface area (Å²) in [6, 6.07) is 0. The number of oxime groups is 1. The summed E-state index contributed by atoms with van der Waals surface area (Å²) in [5.74, 6) is -0.426. The molecule has 0 spiro atoms. The van der Waals surface area contributed by atoms with Gasteiger partial charge in [0, 0.05) is 6.42 Å². The van der Waals surface area contributed by atoms with E-state index in [-0.39, 0.29) is 18.3 Å². The Balaban J connectivity index is 3.86. The normalized spacial score (nSPS) is 14.4. The maximum Gasteiger partial charge on any atom is 0.303 e. The summed E-state index contributed by atoms with van der Waals surface area (Å²) in [4.78, 5) is 10.4. The summed E-state index contributed by atoms with van der Waals surface area (Å²) < 4.78 is 0. The van der Waals surface area contributed by atoms with Crippen LogP contribution in [0.2, 0.25) is 0 Å². The number of aliphatic carboxylic acids is 1. The molecular weight excluding hydrogens is 182 g/mol. The Morgan fingerprint density at radius 2 is 1.93 bits per heavy atom. The standard InChI is InChI=1S/C10H19NO3/c1-7(2)9(11-14)5-4-8(3)6-10(12)13/h7-8,14H,4-6H2,1-3H3,(H,12,13)/b11-9-/t8-/m1/s1. The van der Waals surface area contributed by atoms with Gasteiger partial charge in [-0.3, -0.25) is 4.79 Å². The zero-order chi connectivity index (χ0) is 11.1. The van der Waals surface area contributed by atoms with E-state index in [1.807, 2.05) is 20.8 Å². The average Bonchev–Trinajstić information content (AvgIpc) is 2.03. The van der Waals surface area contributed by atoms with Crippen molar-refractivity contribution in [1.82, 2.24) is 0 Å². The fourth-order valence-electron chi connectivity index (χ4n) is 1.25. The molecule has 0 aliphatic carbocycles. The van der Waals surface area contributed by atoms with E-state index in [0.717, 1.165) is 12.1 Å². The average molecular weight is 201 g/mol. The van der Waals surface area contributed by atoms with Gasteiger partial charge in [0.05, 0.1) is 5.71 Å². The number of carboxylic acid groups (broad SMARTS) is 1. The van der Waals surface area contributed by atoms with Gasteiger partial charge in [0.25, 0.3) is 0 Å². The molecule has 0 radical (unpaired) electrons. The molecule has 0 saturated carbocycles. The maximum absolute atomic E-state index is 10.4. The number of nitrogens with zero attached hydrogens (tertiary/aromatic N) is 1. The minimum atomic E-state index is -0.774. The van der Waals surface area contributed by atoms with E-state index >= 15 is 0 Å². The Labute approximate surface area is 84.6 Å². The molecule has 0 aliphatic heterocycles. The number of carboxylic acids is 1. The second-order valence-corrected chi connectivity index (χ2v) is 3.99. The summed E-state index contributed by atoms with van der Waals surface area (Å²) in [5.41, 5.74) is 0.738. The van der Waals surface area contributed by atoms with Gasteiger partial charge in [-0.1, -0.05) is 25.9 Å². The van der Waals surface area contributed by atoms with Crippen LogP contribution in [0.4, 0.5) is 0 Å². The maximum atomic E-state index is 10.4. The molecule has 0 aromatic carbocycles. The summed E-state index contributed by atoms with van der Waals surface area (Å²) in [6.45, 7) is 5.80. The molecule has 0 aromatic rings. The third kappa shape index (κ3) is 5.56. The molecule has 82 valence electrons. The number of rotatable bonds is 6. The predicted octanol–water partition coefficient (Wildman–Crippen LogP) is 2.36.